The van der Waals surface area contributed by atoms with Crippen LogP contribution in [0.3, 0.4) is 0 Å². The molecular weight excluding hydrogens is 328 g/mol. The van der Waals surface area contributed by atoms with Crippen LogP contribution in [0.25, 0.3) is 0 Å². The zero-order valence-electron chi connectivity index (χ0n) is 14.6. The smallest absolute Gasteiger partial charge is 0.161 e. The van der Waals surface area contributed by atoms with E-state index in [1.54, 1.807) is 18.9 Å². The molecule has 3 heteroatoms. The van der Waals surface area contributed by atoms with E-state index in [2.05, 4.69) is 49.4 Å². The van der Waals surface area contributed by atoms with Crippen molar-refractivity contribution < 1.29 is 9.47 Å². The van der Waals surface area contributed by atoms with Crippen LogP contribution in [0, 0.1) is 0 Å². The van der Waals surface area contributed by atoms with Gasteiger partial charge in [-0.1, -0.05) is 61.2 Å². The Labute approximate surface area is 153 Å². The fourth-order valence-corrected chi connectivity index (χ4v) is 3.34. The molecule has 0 unspecified atom stereocenters. The van der Waals surface area contributed by atoms with Gasteiger partial charge in [0.1, 0.15) is 6.61 Å². The maximum atomic E-state index is 5.92. The SMILES string of the molecule is CCc1ccc(Sc2ccc(OCc3ccccc3)c(OC)c2)cc1. The van der Waals surface area contributed by atoms with Gasteiger partial charge in [-0.3, -0.25) is 0 Å². The number of hydrogen-bond acceptors (Lipinski definition) is 3. The molecule has 3 aromatic rings. The molecule has 25 heavy (non-hydrogen) atoms. The van der Waals surface area contributed by atoms with Crippen molar-refractivity contribution in [3.05, 3.63) is 83.9 Å². The van der Waals surface area contributed by atoms with Crippen LogP contribution >= 0.6 is 11.8 Å². The summed E-state index contributed by atoms with van der Waals surface area (Å²) in [6.07, 6.45) is 1.06. The van der Waals surface area contributed by atoms with Gasteiger partial charge in [-0.15, -0.1) is 0 Å². The van der Waals surface area contributed by atoms with E-state index < -0.39 is 0 Å². The molecule has 3 aromatic carbocycles. The maximum Gasteiger partial charge on any atom is 0.161 e. The molecule has 3 rings (SSSR count). The molecule has 0 saturated heterocycles. The van der Waals surface area contributed by atoms with Crippen molar-refractivity contribution in [2.24, 2.45) is 0 Å². The van der Waals surface area contributed by atoms with E-state index in [-0.39, 0.29) is 0 Å². The average Bonchev–Trinajstić information content (AvgIpc) is 2.68. The van der Waals surface area contributed by atoms with Gasteiger partial charge in [0.25, 0.3) is 0 Å². The van der Waals surface area contributed by atoms with Crippen LogP contribution in [0.15, 0.2) is 82.6 Å². The predicted molar refractivity (Wildman–Crippen MR) is 104 cm³/mol. The highest BCUT2D eigenvalue weighted by Gasteiger charge is 2.07. The fourth-order valence-electron chi connectivity index (χ4n) is 2.50. The van der Waals surface area contributed by atoms with Crippen molar-refractivity contribution in [1.29, 1.82) is 0 Å². The number of ether oxygens (including phenoxy) is 2. The normalized spacial score (nSPS) is 10.5. The van der Waals surface area contributed by atoms with E-state index in [9.17, 15) is 0 Å². The Hall–Kier alpha value is -2.39. The summed E-state index contributed by atoms with van der Waals surface area (Å²) in [6.45, 7) is 2.70. The zero-order chi connectivity index (χ0) is 17.5. The Morgan fingerprint density at radius 1 is 0.760 bits per heavy atom. The second-order valence-corrected chi connectivity index (χ2v) is 6.83. The molecule has 0 bridgehead atoms. The third-order valence-electron chi connectivity index (χ3n) is 3.94. The first kappa shape index (κ1) is 17.4. The first-order chi connectivity index (χ1) is 12.3. The Balaban J connectivity index is 1.70. The minimum atomic E-state index is 0.530. The van der Waals surface area contributed by atoms with Crippen molar-refractivity contribution in [2.75, 3.05) is 7.11 Å². The predicted octanol–water partition coefficient (Wildman–Crippen LogP) is 5.99. The van der Waals surface area contributed by atoms with Crippen LogP contribution in [-0.2, 0) is 13.0 Å². The molecule has 0 saturated carbocycles. The van der Waals surface area contributed by atoms with E-state index >= 15 is 0 Å². The lowest BCUT2D eigenvalue weighted by molar-refractivity contribution is 0.284. The Morgan fingerprint density at radius 2 is 1.48 bits per heavy atom. The van der Waals surface area contributed by atoms with Gasteiger partial charge in [0.15, 0.2) is 11.5 Å². The topological polar surface area (TPSA) is 18.5 Å². The van der Waals surface area contributed by atoms with E-state index in [0.717, 1.165) is 28.4 Å². The molecule has 0 heterocycles. The van der Waals surface area contributed by atoms with Gasteiger partial charge in [0.2, 0.25) is 0 Å². The van der Waals surface area contributed by atoms with Gasteiger partial charge in [-0.25, -0.2) is 0 Å². The van der Waals surface area contributed by atoms with Gasteiger partial charge in [0, 0.05) is 9.79 Å². The highest BCUT2D eigenvalue weighted by atomic mass is 32.2. The lowest BCUT2D eigenvalue weighted by atomic mass is 10.2. The van der Waals surface area contributed by atoms with Crippen LogP contribution in [0.1, 0.15) is 18.1 Å². The number of rotatable bonds is 7. The van der Waals surface area contributed by atoms with Crippen LogP contribution in [0.5, 0.6) is 11.5 Å². The number of benzene rings is 3. The maximum absolute atomic E-state index is 5.92. The van der Waals surface area contributed by atoms with Crippen LogP contribution in [-0.4, -0.2) is 7.11 Å². The Kier molecular flexibility index (Phi) is 6.02. The second kappa shape index (κ2) is 8.63. The summed E-state index contributed by atoms with van der Waals surface area (Å²) in [5.41, 5.74) is 2.49. The molecule has 0 radical (unpaired) electrons. The van der Waals surface area contributed by atoms with Crippen LogP contribution in [0.2, 0.25) is 0 Å². The second-order valence-electron chi connectivity index (χ2n) is 5.69. The molecule has 128 valence electrons. The Morgan fingerprint density at radius 3 is 2.16 bits per heavy atom. The summed E-state index contributed by atoms with van der Waals surface area (Å²) in [6, 6.07) is 24.9. The fraction of sp³-hybridized carbons (Fsp3) is 0.182. The molecule has 0 aromatic heterocycles. The minimum absolute atomic E-state index is 0.530. The molecule has 0 fully saturated rings. The van der Waals surface area contributed by atoms with E-state index in [0.29, 0.717) is 6.61 Å². The molecule has 0 aliphatic carbocycles. The molecule has 2 nitrogen and oxygen atoms in total. The van der Waals surface area contributed by atoms with Gasteiger partial charge in [-0.05, 0) is 47.9 Å². The van der Waals surface area contributed by atoms with Crippen molar-refractivity contribution in [3.63, 3.8) is 0 Å². The minimum Gasteiger partial charge on any atom is -0.493 e. The standard InChI is InChI=1S/C22H22O2S/c1-3-17-9-11-19(12-10-17)25-20-13-14-21(22(15-20)23-2)24-16-18-7-5-4-6-8-18/h4-15H,3,16H2,1-2H3. The summed E-state index contributed by atoms with van der Waals surface area (Å²) in [5, 5.41) is 0. The highest BCUT2D eigenvalue weighted by Crippen LogP contribution is 2.35. The number of methoxy groups -OCH3 is 1. The molecule has 0 aliphatic heterocycles. The third-order valence-corrected chi connectivity index (χ3v) is 4.94. The van der Waals surface area contributed by atoms with E-state index in [1.165, 1.54) is 10.5 Å². The van der Waals surface area contributed by atoms with E-state index in [4.69, 9.17) is 9.47 Å². The largest absolute Gasteiger partial charge is 0.493 e. The van der Waals surface area contributed by atoms with Crippen LogP contribution in [0.4, 0.5) is 0 Å². The molecule has 0 atom stereocenters. The number of aryl methyl sites for hydroxylation is 1. The quantitative estimate of drug-likeness (QED) is 0.521. The van der Waals surface area contributed by atoms with E-state index in [1.807, 2.05) is 30.3 Å². The first-order valence-electron chi connectivity index (χ1n) is 8.40. The molecule has 0 N–H and O–H groups in total. The van der Waals surface area contributed by atoms with Gasteiger partial charge < -0.3 is 9.47 Å². The van der Waals surface area contributed by atoms with Gasteiger partial charge in [0.05, 0.1) is 7.11 Å². The monoisotopic (exact) mass is 350 g/mol. The van der Waals surface area contributed by atoms with Crippen LogP contribution < -0.4 is 9.47 Å². The molecule has 0 aliphatic rings. The first-order valence-corrected chi connectivity index (χ1v) is 9.21. The summed E-state index contributed by atoms with van der Waals surface area (Å²) in [4.78, 5) is 2.35. The number of hydrogen-bond donors (Lipinski definition) is 0. The third kappa shape index (κ3) is 4.80. The van der Waals surface area contributed by atoms with Crippen molar-refractivity contribution in [2.45, 2.75) is 29.7 Å². The average molecular weight is 350 g/mol. The lowest BCUT2D eigenvalue weighted by Gasteiger charge is -2.12. The lowest BCUT2D eigenvalue weighted by Crippen LogP contribution is -1.97. The van der Waals surface area contributed by atoms with Crippen molar-refractivity contribution >= 4 is 11.8 Å². The summed E-state index contributed by atoms with van der Waals surface area (Å²) in [7, 11) is 1.68. The summed E-state index contributed by atoms with van der Waals surface area (Å²) < 4.78 is 11.4. The molecule has 0 amide bonds. The molecular formula is C22H22O2S. The summed E-state index contributed by atoms with van der Waals surface area (Å²) >= 11 is 1.72. The Bertz CT molecular complexity index is 798. The molecule has 0 spiro atoms. The summed E-state index contributed by atoms with van der Waals surface area (Å²) in [5.74, 6) is 1.52. The van der Waals surface area contributed by atoms with Crippen molar-refractivity contribution in [1.82, 2.24) is 0 Å². The van der Waals surface area contributed by atoms with Gasteiger partial charge >= 0.3 is 0 Å². The zero-order valence-corrected chi connectivity index (χ0v) is 15.4. The highest BCUT2D eigenvalue weighted by molar-refractivity contribution is 7.99. The van der Waals surface area contributed by atoms with Crippen molar-refractivity contribution in [3.8, 4) is 11.5 Å². The van der Waals surface area contributed by atoms with Gasteiger partial charge in [-0.2, -0.15) is 0 Å².